The maximum atomic E-state index is 14.8. The molecule has 0 saturated carbocycles. The summed E-state index contributed by atoms with van der Waals surface area (Å²) in [5.74, 6) is -4.92. The van der Waals surface area contributed by atoms with Gasteiger partial charge in [-0.05, 0) is 78.7 Å². The molecule has 58 heavy (non-hydrogen) atoms. The van der Waals surface area contributed by atoms with Crippen molar-refractivity contribution in [3.63, 3.8) is 0 Å². The van der Waals surface area contributed by atoms with Gasteiger partial charge in [-0.3, -0.25) is 29.2 Å². The first kappa shape index (κ1) is 44.0. The lowest BCUT2D eigenvalue weighted by Crippen LogP contribution is -2.65. The molecule has 6 rings (SSSR count). The van der Waals surface area contributed by atoms with Crippen molar-refractivity contribution in [1.82, 2.24) is 19.7 Å². The smallest absolute Gasteiger partial charge is 0.411 e. The van der Waals surface area contributed by atoms with Gasteiger partial charge in [0.05, 0.1) is 35.4 Å². The Morgan fingerprint density at radius 1 is 0.983 bits per heavy atom. The Bertz CT molecular complexity index is 1830. The predicted molar refractivity (Wildman–Crippen MR) is 215 cm³/mol. The molecule has 1 amide bonds. The van der Waals surface area contributed by atoms with E-state index >= 15 is 0 Å². The Balaban J connectivity index is 1.32. The molecule has 0 aliphatic carbocycles. The van der Waals surface area contributed by atoms with E-state index in [9.17, 15) is 24.3 Å². The Morgan fingerprint density at radius 3 is 2.34 bits per heavy atom. The van der Waals surface area contributed by atoms with E-state index < -0.39 is 83.4 Å². The number of carbonyl (C=O) groups is 4. The van der Waals surface area contributed by atoms with Crippen LogP contribution in [0.3, 0.4) is 0 Å². The molecular formula is C44H64N4O10. The number of nitrogens with zero attached hydrogens (tertiary/aromatic N) is 4. The van der Waals surface area contributed by atoms with Gasteiger partial charge < -0.3 is 33.7 Å². The molecule has 1 aromatic heterocycles. The fraction of sp³-hybridized carbons (Fsp3) is 0.705. The fourth-order valence-electron chi connectivity index (χ4n) is 10.2. The average molecular weight is 809 g/mol. The molecule has 13 atom stereocenters. The number of ether oxygens (including phenoxy) is 5. The predicted octanol–water partition coefficient (Wildman–Crippen LogP) is 4.62. The summed E-state index contributed by atoms with van der Waals surface area (Å²) in [5, 5.41) is 12.5. The molecule has 5 heterocycles. The molecule has 0 spiro atoms. The Morgan fingerprint density at radius 2 is 1.69 bits per heavy atom. The van der Waals surface area contributed by atoms with Crippen LogP contribution < -0.4 is 0 Å². The highest BCUT2D eigenvalue weighted by Gasteiger charge is 2.62. The van der Waals surface area contributed by atoms with Crippen molar-refractivity contribution in [3.05, 3.63) is 42.1 Å². The average Bonchev–Trinajstić information content (AvgIpc) is 3.45. The summed E-state index contributed by atoms with van der Waals surface area (Å²) in [6.45, 7) is 15.8. The highest BCUT2D eigenvalue weighted by atomic mass is 16.7. The number of Topliss-reactive ketones (excluding diaryl/α,β-unsaturated/α-hetero) is 2. The number of aliphatic hydroxyl groups is 1. The second-order valence-electron chi connectivity index (χ2n) is 17.9. The van der Waals surface area contributed by atoms with E-state index in [4.69, 9.17) is 23.7 Å². The highest BCUT2D eigenvalue weighted by Crippen LogP contribution is 2.45. The molecule has 2 aromatic rings. The first-order valence-electron chi connectivity index (χ1n) is 20.9. The molecule has 0 radical (unpaired) electrons. The first-order chi connectivity index (χ1) is 27.3. The number of likely N-dealkylation sites (tertiary alicyclic amines) is 1. The van der Waals surface area contributed by atoms with Crippen molar-refractivity contribution in [2.24, 2.45) is 23.7 Å². The molecule has 1 N–H and O–H groups in total. The van der Waals surface area contributed by atoms with Crippen LogP contribution in [0.4, 0.5) is 4.79 Å². The summed E-state index contributed by atoms with van der Waals surface area (Å²) in [6.07, 6.45) is -2.23. The monoisotopic (exact) mass is 808 g/mol. The van der Waals surface area contributed by atoms with Crippen molar-refractivity contribution in [1.29, 1.82) is 0 Å². The molecule has 14 nitrogen and oxygen atoms in total. The van der Waals surface area contributed by atoms with Gasteiger partial charge in [0.2, 0.25) is 0 Å². The number of ketones is 2. The van der Waals surface area contributed by atoms with Gasteiger partial charge in [-0.2, -0.15) is 0 Å². The van der Waals surface area contributed by atoms with Crippen molar-refractivity contribution in [2.75, 3.05) is 34.3 Å². The molecule has 4 saturated heterocycles. The zero-order chi connectivity index (χ0) is 42.4. The minimum atomic E-state index is -1.40. The quantitative estimate of drug-likeness (QED) is 0.291. The maximum absolute atomic E-state index is 14.8. The number of carbonyl (C=O) groups excluding carboxylic acids is 4. The number of cyclic esters (lactones) is 1. The number of methoxy groups -OCH3 is 1. The summed E-state index contributed by atoms with van der Waals surface area (Å²) in [5.41, 5.74) is -0.625. The molecule has 1 aromatic carbocycles. The lowest BCUT2D eigenvalue weighted by Gasteiger charge is -2.48. The molecular weight excluding hydrogens is 745 g/mol. The van der Waals surface area contributed by atoms with Crippen molar-refractivity contribution < 1.29 is 48.0 Å². The number of hydrogen-bond donors (Lipinski definition) is 1. The molecule has 4 aliphatic rings. The van der Waals surface area contributed by atoms with Crippen LogP contribution in [0.15, 0.2) is 36.5 Å². The summed E-state index contributed by atoms with van der Waals surface area (Å²) < 4.78 is 31.4. The third-order valence-corrected chi connectivity index (χ3v) is 13.6. The van der Waals surface area contributed by atoms with Gasteiger partial charge in [0.25, 0.3) is 0 Å². The summed E-state index contributed by atoms with van der Waals surface area (Å²) in [7, 11) is 5.26. The van der Waals surface area contributed by atoms with E-state index in [1.54, 1.807) is 31.9 Å². The molecule has 14 heteroatoms. The van der Waals surface area contributed by atoms with Crippen LogP contribution in [0.25, 0.3) is 10.9 Å². The van der Waals surface area contributed by atoms with Crippen LogP contribution in [-0.4, -0.2) is 143 Å². The summed E-state index contributed by atoms with van der Waals surface area (Å²) >= 11 is 0. The zero-order valence-corrected chi connectivity index (χ0v) is 36.0. The van der Waals surface area contributed by atoms with E-state index in [1.807, 2.05) is 64.9 Å². The van der Waals surface area contributed by atoms with Crippen LogP contribution in [0, 0.1) is 23.7 Å². The van der Waals surface area contributed by atoms with Gasteiger partial charge in [0.15, 0.2) is 17.7 Å². The summed E-state index contributed by atoms with van der Waals surface area (Å²) in [6, 6.07) is 8.71. The maximum Gasteiger partial charge on any atom is 0.411 e. The SMILES string of the molecule is CC[C@H]1OC(=O)[C@H](C)C(=O)[C@H](C)[C@@H](O[C@@H]2O[C@H](C)C[C@H](N(C)C)[C@H]2O)[C@](C)(OC)C[C@@H](C)C(=O)[C@H](C)[C@H]2N(C3CN(Cc4cccc5ncccc45)C3)C(=O)O[C@]12C. The minimum absolute atomic E-state index is 0.135. The van der Waals surface area contributed by atoms with Crippen molar-refractivity contribution in [2.45, 2.75) is 141 Å². The Labute approximate surface area is 342 Å². The number of benzene rings is 1. The number of likely N-dealkylation sites (N-methyl/N-ethyl adjacent to an activating group) is 1. The third kappa shape index (κ3) is 8.17. The van der Waals surface area contributed by atoms with Crippen LogP contribution in [-0.2, 0) is 44.6 Å². The first-order valence-corrected chi connectivity index (χ1v) is 20.9. The van der Waals surface area contributed by atoms with Gasteiger partial charge in [0, 0.05) is 62.1 Å². The number of rotatable bonds is 8. The fourth-order valence-corrected chi connectivity index (χ4v) is 10.2. The van der Waals surface area contributed by atoms with Gasteiger partial charge in [-0.25, -0.2) is 4.79 Å². The van der Waals surface area contributed by atoms with E-state index in [-0.39, 0.29) is 36.8 Å². The van der Waals surface area contributed by atoms with Crippen LogP contribution in [0.2, 0.25) is 0 Å². The van der Waals surface area contributed by atoms with Gasteiger partial charge >= 0.3 is 12.1 Å². The van der Waals surface area contributed by atoms with Crippen LogP contribution >= 0.6 is 0 Å². The number of aliphatic hydroxyl groups excluding tert-OH is 1. The zero-order valence-electron chi connectivity index (χ0n) is 36.0. The Hall–Kier alpha value is -3.53. The molecule has 4 fully saturated rings. The highest BCUT2D eigenvalue weighted by molar-refractivity contribution is 6.00. The Kier molecular flexibility index (Phi) is 13.1. The topological polar surface area (TPSA) is 157 Å². The number of esters is 1. The minimum Gasteiger partial charge on any atom is -0.458 e. The molecule has 0 unspecified atom stereocenters. The molecule has 320 valence electrons. The van der Waals surface area contributed by atoms with E-state index in [0.29, 0.717) is 26.1 Å². The number of amides is 1. The van der Waals surface area contributed by atoms with Crippen molar-refractivity contribution >= 4 is 34.5 Å². The van der Waals surface area contributed by atoms with E-state index in [1.165, 1.54) is 14.0 Å². The largest absolute Gasteiger partial charge is 0.458 e. The molecule has 4 aliphatic heterocycles. The lowest BCUT2D eigenvalue weighted by molar-refractivity contribution is -0.295. The third-order valence-electron chi connectivity index (χ3n) is 13.6. The van der Waals surface area contributed by atoms with E-state index in [2.05, 4.69) is 22.0 Å². The van der Waals surface area contributed by atoms with Crippen molar-refractivity contribution in [3.8, 4) is 0 Å². The van der Waals surface area contributed by atoms with Gasteiger partial charge in [-0.1, -0.05) is 45.9 Å². The van der Waals surface area contributed by atoms with Crippen LogP contribution in [0.5, 0.6) is 0 Å². The van der Waals surface area contributed by atoms with Crippen LogP contribution in [0.1, 0.15) is 80.2 Å². The number of hydrogen-bond acceptors (Lipinski definition) is 13. The summed E-state index contributed by atoms with van der Waals surface area (Å²) in [4.78, 5) is 67.7. The molecule has 0 bridgehead atoms. The number of aromatic nitrogens is 1. The second kappa shape index (κ2) is 17.2. The van der Waals surface area contributed by atoms with Gasteiger partial charge in [-0.15, -0.1) is 0 Å². The van der Waals surface area contributed by atoms with E-state index in [0.717, 1.165) is 16.5 Å². The second-order valence-corrected chi connectivity index (χ2v) is 17.9. The standard InChI is InChI=1S/C44H64N4O10/c1-12-34-44(8)38(48(42(53)58-44)30-22-47(23-30)21-29-15-13-17-32-31(29)16-14-18-45-32)26(4)35(49)24(2)20-43(7,54-11)39(27(5)36(50)28(6)40(52)56-34)57-41-37(51)33(46(9)10)19-25(3)55-41/h13-18,24-28,30,33-34,37-39,41,51H,12,19-23H2,1-11H3/t24-,25-,26+,27+,28-,33+,34-,37-,38-,39-,41+,43-,44-/m1/s1. The number of fused-ring (bicyclic) bond motifs is 2. The van der Waals surface area contributed by atoms with Gasteiger partial charge in [0.1, 0.15) is 23.9 Å². The normalized spacial score (nSPS) is 38.6. The lowest BCUT2D eigenvalue weighted by atomic mass is 9.73. The number of pyridine rings is 1.